The van der Waals surface area contributed by atoms with E-state index in [1.807, 2.05) is 13.8 Å². The molecule has 1 rings (SSSR count). The lowest BCUT2D eigenvalue weighted by Gasteiger charge is -2.13. The third-order valence-corrected chi connectivity index (χ3v) is 3.78. The number of esters is 1. The van der Waals surface area contributed by atoms with Gasteiger partial charge in [-0.15, -0.1) is 11.3 Å². The van der Waals surface area contributed by atoms with Gasteiger partial charge < -0.3 is 15.4 Å². The highest BCUT2D eigenvalue weighted by atomic mass is 32.1. The number of aryl methyl sites for hydroxylation is 1. The molecule has 0 fully saturated rings. The number of aliphatic imine (C=N–C) groups is 1. The zero-order valence-corrected chi connectivity index (χ0v) is 12.7. The van der Waals surface area contributed by atoms with Crippen molar-refractivity contribution in [2.24, 2.45) is 4.99 Å². The van der Waals surface area contributed by atoms with Crippen molar-refractivity contribution in [1.29, 1.82) is 0 Å². The molecule has 1 atom stereocenters. The third-order valence-electron chi connectivity index (χ3n) is 2.46. The molecule has 0 amide bonds. The number of hydrogen-bond donors (Lipinski definition) is 2. The molecule has 0 spiro atoms. The van der Waals surface area contributed by atoms with Crippen LogP contribution in [0.3, 0.4) is 0 Å². The summed E-state index contributed by atoms with van der Waals surface area (Å²) in [5, 5.41) is 6.95. The summed E-state index contributed by atoms with van der Waals surface area (Å²) >= 11 is 1.35. The fraction of sp³-hybridized carbons (Fsp3) is 0.583. The van der Waals surface area contributed by atoms with Crippen molar-refractivity contribution in [3.05, 3.63) is 15.6 Å². The van der Waals surface area contributed by atoms with E-state index in [-0.39, 0.29) is 12.0 Å². The molecule has 2 N–H and O–H groups in total. The largest absolute Gasteiger partial charge is 0.462 e. The van der Waals surface area contributed by atoms with Crippen LogP contribution >= 0.6 is 11.3 Å². The SMILES string of the molecule is CCOC(=O)c1sc(C(C)NC(=NC)NC)nc1C. The molecule has 0 bridgehead atoms. The lowest BCUT2D eigenvalue weighted by atomic mass is 10.3. The summed E-state index contributed by atoms with van der Waals surface area (Å²) in [4.78, 5) is 20.7. The summed E-state index contributed by atoms with van der Waals surface area (Å²) in [6.07, 6.45) is 0. The molecule has 0 saturated heterocycles. The number of carbonyl (C=O) groups excluding carboxylic acids is 1. The van der Waals surface area contributed by atoms with E-state index in [4.69, 9.17) is 4.74 Å². The average Bonchev–Trinajstić information content (AvgIpc) is 2.78. The fourth-order valence-electron chi connectivity index (χ4n) is 1.50. The van der Waals surface area contributed by atoms with Crippen molar-refractivity contribution in [2.45, 2.75) is 26.8 Å². The van der Waals surface area contributed by atoms with E-state index in [9.17, 15) is 4.79 Å². The quantitative estimate of drug-likeness (QED) is 0.497. The number of carbonyl (C=O) groups is 1. The first kappa shape index (κ1) is 15.4. The summed E-state index contributed by atoms with van der Waals surface area (Å²) < 4.78 is 5.00. The van der Waals surface area contributed by atoms with Crippen LogP contribution < -0.4 is 10.6 Å². The minimum Gasteiger partial charge on any atom is -0.462 e. The van der Waals surface area contributed by atoms with Gasteiger partial charge in [0.15, 0.2) is 5.96 Å². The van der Waals surface area contributed by atoms with E-state index >= 15 is 0 Å². The van der Waals surface area contributed by atoms with E-state index < -0.39 is 0 Å². The molecule has 0 saturated carbocycles. The number of ether oxygens (including phenoxy) is 1. The Morgan fingerprint density at radius 3 is 2.79 bits per heavy atom. The monoisotopic (exact) mass is 284 g/mol. The van der Waals surface area contributed by atoms with E-state index in [0.29, 0.717) is 23.1 Å². The summed E-state index contributed by atoms with van der Waals surface area (Å²) in [7, 11) is 3.49. The molecule has 0 aliphatic rings. The highest BCUT2D eigenvalue weighted by molar-refractivity contribution is 7.13. The fourth-order valence-corrected chi connectivity index (χ4v) is 2.47. The van der Waals surface area contributed by atoms with E-state index in [0.717, 1.165) is 5.01 Å². The van der Waals surface area contributed by atoms with Crippen LogP contribution in [0.5, 0.6) is 0 Å². The van der Waals surface area contributed by atoms with Gasteiger partial charge in [0.2, 0.25) is 0 Å². The Morgan fingerprint density at radius 1 is 1.58 bits per heavy atom. The Kier molecular flexibility index (Phi) is 5.75. The molecule has 6 nitrogen and oxygen atoms in total. The minimum absolute atomic E-state index is 0.0296. The molecule has 19 heavy (non-hydrogen) atoms. The van der Waals surface area contributed by atoms with Crippen molar-refractivity contribution in [1.82, 2.24) is 15.6 Å². The molecule has 0 aliphatic carbocycles. The number of nitrogens with zero attached hydrogens (tertiary/aromatic N) is 2. The molecule has 0 aliphatic heterocycles. The lowest BCUT2D eigenvalue weighted by molar-refractivity contribution is 0.0531. The van der Waals surface area contributed by atoms with Crippen LogP contribution in [0.25, 0.3) is 0 Å². The maximum absolute atomic E-state index is 11.7. The van der Waals surface area contributed by atoms with E-state index in [1.165, 1.54) is 11.3 Å². The maximum atomic E-state index is 11.7. The Morgan fingerprint density at radius 2 is 2.26 bits per heavy atom. The second-order valence-electron chi connectivity index (χ2n) is 3.88. The Hall–Kier alpha value is -1.63. The number of hydrogen-bond acceptors (Lipinski definition) is 5. The van der Waals surface area contributed by atoms with Crippen LogP contribution in [0.1, 0.15) is 40.3 Å². The van der Waals surface area contributed by atoms with Crippen molar-refractivity contribution in [3.63, 3.8) is 0 Å². The topological polar surface area (TPSA) is 75.6 Å². The first-order chi connectivity index (χ1) is 9.03. The van der Waals surface area contributed by atoms with Crippen LogP contribution in [0.15, 0.2) is 4.99 Å². The average molecular weight is 284 g/mol. The zero-order chi connectivity index (χ0) is 14.4. The molecule has 0 radical (unpaired) electrons. The second-order valence-corrected chi connectivity index (χ2v) is 4.91. The molecule has 1 heterocycles. The van der Waals surface area contributed by atoms with Gasteiger partial charge in [-0.2, -0.15) is 0 Å². The Bertz CT molecular complexity index is 470. The summed E-state index contributed by atoms with van der Waals surface area (Å²) in [6, 6.07) is -0.0296. The standard InChI is InChI=1S/C12H20N4O2S/c1-6-18-11(17)9-7(2)15-10(19-9)8(3)16-12(13-4)14-5/h8H,6H2,1-5H3,(H2,13,14,16). The molecule has 1 aromatic heterocycles. The highest BCUT2D eigenvalue weighted by Crippen LogP contribution is 2.24. The second kappa shape index (κ2) is 7.08. The van der Waals surface area contributed by atoms with Crippen molar-refractivity contribution >= 4 is 23.3 Å². The van der Waals surface area contributed by atoms with Gasteiger partial charge in [0.25, 0.3) is 0 Å². The molecule has 1 unspecified atom stereocenters. The Labute approximate surface area is 117 Å². The normalized spacial score (nSPS) is 13.0. The molecule has 106 valence electrons. The molecular weight excluding hydrogens is 264 g/mol. The van der Waals surface area contributed by atoms with Gasteiger partial charge in [0, 0.05) is 14.1 Å². The number of nitrogens with one attached hydrogen (secondary N) is 2. The first-order valence-corrected chi connectivity index (χ1v) is 6.90. The van der Waals surface area contributed by atoms with Gasteiger partial charge >= 0.3 is 5.97 Å². The van der Waals surface area contributed by atoms with E-state index in [2.05, 4.69) is 20.6 Å². The first-order valence-electron chi connectivity index (χ1n) is 6.09. The number of thiazole rings is 1. The van der Waals surface area contributed by atoms with Gasteiger partial charge in [0.05, 0.1) is 18.3 Å². The van der Waals surface area contributed by atoms with Crippen molar-refractivity contribution in [3.8, 4) is 0 Å². The maximum Gasteiger partial charge on any atom is 0.350 e. The summed E-state index contributed by atoms with van der Waals surface area (Å²) in [5.74, 6) is 0.368. The minimum atomic E-state index is -0.311. The zero-order valence-electron chi connectivity index (χ0n) is 11.9. The van der Waals surface area contributed by atoms with Crippen LogP contribution in [-0.2, 0) is 4.74 Å². The predicted molar refractivity (Wildman–Crippen MR) is 76.8 cm³/mol. The van der Waals surface area contributed by atoms with E-state index in [1.54, 1.807) is 21.0 Å². The molecule has 1 aromatic rings. The molecule has 7 heteroatoms. The van der Waals surface area contributed by atoms with Gasteiger partial charge in [0.1, 0.15) is 9.88 Å². The van der Waals surface area contributed by atoms with Gasteiger partial charge in [-0.05, 0) is 20.8 Å². The number of aromatic nitrogens is 1. The van der Waals surface area contributed by atoms with Gasteiger partial charge in [-0.3, -0.25) is 4.99 Å². The Balaban J connectivity index is 2.85. The van der Waals surface area contributed by atoms with Crippen LogP contribution in [0.4, 0.5) is 0 Å². The summed E-state index contributed by atoms with van der Waals surface area (Å²) in [6.45, 7) is 5.93. The molecular formula is C12H20N4O2S. The van der Waals surface area contributed by atoms with Crippen LogP contribution in [0.2, 0.25) is 0 Å². The lowest BCUT2D eigenvalue weighted by Crippen LogP contribution is -2.36. The van der Waals surface area contributed by atoms with Crippen LogP contribution in [0, 0.1) is 6.92 Å². The summed E-state index contributed by atoms with van der Waals surface area (Å²) in [5.41, 5.74) is 0.701. The highest BCUT2D eigenvalue weighted by Gasteiger charge is 2.19. The third kappa shape index (κ3) is 3.92. The van der Waals surface area contributed by atoms with Gasteiger partial charge in [-0.1, -0.05) is 0 Å². The van der Waals surface area contributed by atoms with Crippen LogP contribution in [-0.4, -0.2) is 37.6 Å². The van der Waals surface area contributed by atoms with Crippen molar-refractivity contribution in [2.75, 3.05) is 20.7 Å². The van der Waals surface area contributed by atoms with Gasteiger partial charge in [-0.25, -0.2) is 9.78 Å². The number of guanidine groups is 1. The molecule has 0 aromatic carbocycles. The van der Waals surface area contributed by atoms with Crippen molar-refractivity contribution < 1.29 is 9.53 Å². The number of rotatable bonds is 4. The predicted octanol–water partition coefficient (Wildman–Crippen LogP) is 1.48. The smallest absolute Gasteiger partial charge is 0.350 e.